The van der Waals surface area contributed by atoms with Crippen molar-refractivity contribution in [3.63, 3.8) is 0 Å². The monoisotopic (exact) mass is 263 g/mol. The third kappa shape index (κ3) is 5.60. The van der Waals surface area contributed by atoms with E-state index in [0.717, 1.165) is 26.2 Å². The smallest absolute Gasteiger partial charge is 0.0598 e. The molecular weight excluding hydrogens is 234 g/mol. The molecule has 0 radical (unpaired) electrons. The van der Waals surface area contributed by atoms with Crippen LogP contribution in [-0.2, 0) is 6.54 Å². The average molecular weight is 263 g/mol. The standard InChI is InChI=1S/C16H29N3/c1-5-9-19(10-6-2)16-13-17-8-7-15(16)12-18-11-14(3)4/h7-8,13-14,18H,5-6,9-12H2,1-4H3. The van der Waals surface area contributed by atoms with E-state index < -0.39 is 0 Å². The van der Waals surface area contributed by atoms with Gasteiger partial charge in [0, 0.05) is 25.8 Å². The predicted octanol–water partition coefficient (Wildman–Crippen LogP) is 3.45. The Balaban J connectivity index is 2.74. The zero-order chi connectivity index (χ0) is 14.1. The van der Waals surface area contributed by atoms with Gasteiger partial charge in [0.1, 0.15) is 0 Å². The minimum absolute atomic E-state index is 0.688. The molecule has 0 fully saturated rings. The van der Waals surface area contributed by atoms with Gasteiger partial charge in [0.05, 0.1) is 11.9 Å². The Morgan fingerprint density at radius 3 is 2.47 bits per heavy atom. The molecule has 0 aromatic carbocycles. The first-order valence-corrected chi connectivity index (χ1v) is 7.57. The molecule has 0 amide bonds. The number of anilines is 1. The molecule has 1 rings (SSSR count). The van der Waals surface area contributed by atoms with Gasteiger partial charge in [-0.1, -0.05) is 27.7 Å². The van der Waals surface area contributed by atoms with E-state index in [-0.39, 0.29) is 0 Å². The number of hydrogen-bond donors (Lipinski definition) is 1. The summed E-state index contributed by atoms with van der Waals surface area (Å²) >= 11 is 0. The summed E-state index contributed by atoms with van der Waals surface area (Å²) in [6, 6.07) is 2.14. The molecule has 0 bridgehead atoms. The third-order valence-corrected chi connectivity index (χ3v) is 3.08. The maximum absolute atomic E-state index is 4.30. The molecule has 0 aliphatic rings. The maximum atomic E-state index is 4.30. The van der Waals surface area contributed by atoms with Crippen LogP contribution in [0.4, 0.5) is 5.69 Å². The highest BCUT2D eigenvalue weighted by Gasteiger charge is 2.09. The molecule has 0 saturated carbocycles. The lowest BCUT2D eigenvalue weighted by atomic mass is 10.1. The quantitative estimate of drug-likeness (QED) is 0.739. The Morgan fingerprint density at radius 1 is 1.21 bits per heavy atom. The van der Waals surface area contributed by atoms with Gasteiger partial charge in [-0.3, -0.25) is 4.98 Å². The second kappa shape index (κ2) is 8.92. The van der Waals surface area contributed by atoms with E-state index in [1.165, 1.54) is 24.1 Å². The van der Waals surface area contributed by atoms with E-state index in [9.17, 15) is 0 Å². The minimum atomic E-state index is 0.688. The summed E-state index contributed by atoms with van der Waals surface area (Å²) in [5, 5.41) is 3.53. The molecule has 0 aliphatic carbocycles. The third-order valence-electron chi connectivity index (χ3n) is 3.08. The van der Waals surface area contributed by atoms with Crippen molar-refractivity contribution in [1.82, 2.24) is 10.3 Å². The summed E-state index contributed by atoms with van der Waals surface area (Å²) < 4.78 is 0. The Bertz CT molecular complexity index is 344. The fourth-order valence-electron chi connectivity index (χ4n) is 2.24. The largest absolute Gasteiger partial charge is 0.370 e. The van der Waals surface area contributed by atoms with Crippen LogP contribution in [0, 0.1) is 5.92 Å². The fraction of sp³-hybridized carbons (Fsp3) is 0.688. The molecule has 0 saturated heterocycles. The Labute approximate surface area is 118 Å². The van der Waals surface area contributed by atoms with E-state index in [4.69, 9.17) is 0 Å². The van der Waals surface area contributed by atoms with Gasteiger partial charge in [0.25, 0.3) is 0 Å². The molecule has 19 heavy (non-hydrogen) atoms. The van der Waals surface area contributed by atoms with Crippen LogP contribution in [0.15, 0.2) is 18.5 Å². The summed E-state index contributed by atoms with van der Waals surface area (Å²) in [4.78, 5) is 6.76. The normalized spacial score (nSPS) is 11.0. The molecule has 1 N–H and O–H groups in total. The van der Waals surface area contributed by atoms with E-state index in [2.05, 4.69) is 49.0 Å². The lowest BCUT2D eigenvalue weighted by molar-refractivity contribution is 0.551. The highest BCUT2D eigenvalue weighted by molar-refractivity contribution is 5.51. The predicted molar refractivity (Wildman–Crippen MR) is 83.6 cm³/mol. The van der Waals surface area contributed by atoms with Crippen LogP contribution in [-0.4, -0.2) is 24.6 Å². The van der Waals surface area contributed by atoms with Gasteiger partial charge >= 0.3 is 0 Å². The first-order valence-electron chi connectivity index (χ1n) is 7.57. The van der Waals surface area contributed by atoms with E-state index in [0.29, 0.717) is 5.92 Å². The molecule has 0 unspecified atom stereocenters. The summed E-state index contributed by atoms with van der Waals surface area (Å²) in [6.45, 7) is 13.1. The van der Waals surface area contributed by atoms with Crippen molar-refractivity contribution in [3.8, 4) is 0 Å². The van der Waals surface area contributed by atoms with Gasteiger partial charge < -0.3 is 10.2 Å². The zero-order valence-electron chi connectivity index (χ0n) is 12.9. The molecule has 1 aromatic rings. The van der Waals surface area contributed by atoms with Crippen molar-refractivity contribution in [2.75, 3.05) is 24.5 Å². The number of aromatic nitrogens is 1. The van der Waals surface area contributed by atoms with Crippen molar-refractivity contribution in [2.45, 2.75) is 47.1 Å². The summed E-state index contributed by atoms with van der Waals surface area (Å²) in [5.74, 6) is 0.688. The second-order valence-electron chi connectivity index (χ2n) is 5.52. The lowest BCUT2D eigenvalue weighted by Crippen LogP contribution is -2.27. The van der Waals surface area contributed by atoms with Crippen LogP contribution in [0.5, 0.6) is 0 Å². The van der Waals surface area contributed by atoms with Crippen LogP contribution in [0.1, 0.15) is 46.1 Å². The molecule has 0 aliphatic heterocycles. The lowest BCUT2D eigenvalue weighted by Gasteiger charge is -2.26. The average Bonchev–Trinajstić information content (AvgIpc) is 2.39. The first-order chi connectivity index (χ1) is 9.19. The van der Waals surface area contributed by atoms with E-state index >= 15 is 0 Å². The topological polar surface area (TPSA) is 28.2 Å². The van der Waals surface area contributed by atoms with Gasteiger partial charge in [-0.2, -0.15) is 0 Å². The summed E-state index contributed by atoms with van der Waals surface area (Å²) in [5.41, 5.74) is 2.65. The Morgan fingerprint density at radius 2 is 1.89 bits per heavy atom. The highest BCUT2D eigenvalue weighted by Crippen LogP contribution is 2.19. The number of nitrogens with one attached hydrogen (secondary N) is 1. The molecule has 1 aromatic heterocycles. The van der Waals surface area contributed by atoms with Gasteiger partial charge in [0.2, 0.25) is 0 Å². The maximum Gasteiger partial charge on any atom is 0.0598 e. The van der Waals surface area contributed by atoms with Gasteiger partial charge in [-0.15, -0.1) is 0 Å². The van der Waals surface area contributed by atoms with Gasteiger partial charge in [0.15, 0.2) is 0 Å². The van der Waals surface area contributed by atoms with Crippen molar-refractivity contribution < 1.29 is 0 Å². The molecular formula is C16H29N3. The van der Waals surface area contributed by atoms with Crippen LogP contribution in [0.3, 0.4) is 0 Å². The molecule has 0 atom stereocenters. The van der Waals surface area contributed by atoms with Crippen molar-refractivity contribution >= 4 is 5.69 Å². The molecule has 108 valence electrons. The molecule has 3 heteroatoms. The second-order valence-corrected chi connectivity index (χ2v) is 5.52. The van der Waals surface area contributed by atoms with Crippen molar-refractivity contribution in [1.29, 1.82) is 0 Å². The number of nitrogens with zero attached hydrogens (tertiary/aromatic N) is 2. The number of hydrogen-bond acceptors (Lipinski definition) is 3. The van der Waals surface area contributed by atoms with Crippen LogP contribution in [0.25, 0.3) is 0 Å². The van der Waals surface area contributed by atoms with Crippen LogP contribution >= 0.6 is 0 Å². The minimum Gasteiger partial charge on any atom is -0.370 e. The fourth-order valence-corrected chi connectivity index (χ4v) is 2.24. The molecule has 0 spiro atoms. The first kappa shape index (κ1) is 16.0. The van der Waals surface area contributed by atoms with Crippen molar-refractivity contribution in [3.05, 3.63) is 24.0 Å². The van der Waals surface area contributed by atoms with Crippen molar-refractivity contribution in [2.24, 2.45) is 5.92 Å². The van der Waals surface area contributed by atoms with Gasteiger partial charge in [-0.25, -0.2) is 0 Å². The number of pyridine rings is 1. The van der Waals surface area contributed by atoms with Crippen LogP contribution < -0.4 is 10.2 Å². The van der Waals surface area contributed by atoms with E-state index in [1.807, 2.05) is 12.4 Å². The molecule has 1 heterocycles. The molecule has 3 nitrogen and oxygen atoms in total. The zero-order valence-corrected chi connectivity index (χ0v) is 12.9. The summed E-state index contributed by atoms with van der Waals surface area (Å²) in [7, 11) is 0. The van der Waals surface area contributed by atoms with Gasteiger partial charge in [-0.05, 0) is 36.9 Å². The highest BCUT2D eigenvalue weighted by atomic mass is 15.1. The number of rotatable bonds is 9. The Hall–Kier alpha value is -1.09. The van der Waals surface area contributed by atoms with Crippen LogP contribution in [0.2, 0.25) is 0 Å². The SMILES string of the molecule is CCCN(CCC)c1cnccc1CNCC(C)C. The summed E-state index contributed by atoms with van der Waals surface area (Å²) in [6.07, 6.45) is 6.26. The Kier molecular flexibility index (Phi) is 7.49. The van der Waals surface area contributed by atoms with E-state index in [1.54, 1.807) is 0 Å².